The summed E-state index contributed by atoms with van der Waals surface area (Å²) in [6.45, 7) is 6.52. The van der Waals surface area contributed by atoms with Crippen LogP contribution in [0.5, 0.6) is 5.75 Å². The van der Waals surface area contributed by atoms with E-state index in [2.05, 4.69) is 41.2 Å². The van der Waals surface area contributed by atoms with Gasteiger partial charge in [0.1, 0.15) is 17.0 Å². The standard InChI is InChI=1S/C18H26N4O2/c1-14(2)22-12-17(19-20-22)18(23)9-11-21(13-18)10-8-15-4-6-16(24-3)7-5-15/h4-7,12,14,23H,8-11,13H2,1-3H3/t18-/m1/s1. The van der Waals surface area contributed by atoms with E-state index in [9.17, 15) is 5.11 Å². The zero-order valence-electron chi connectivity index (χ0n) is 14.6. The molecule has 0 unspecified atom stereocenters. The minimum Gasteiger partial charge on any atom is -0.497 e. The third-order valence-electron chi connectivity index (χ3n) is 4.72. The van der Waals surface area contributed by atoms with Gasteiger partial charge in [-0.1, -0.05) is 17.3 Å². The number of nitrogens with zero attached hydrogens (tertiary/aromatic N) is 4. The first-order chi connectivity index (χ1) is 11.5. The SMILES string of the molecule is COc1ccc(CCN2CC[C@](O)(c3cn(C(C)C)nn3)C2)cc1. The zero-order chi connectivity index (χ0) is 17.2. The van der Waals surface area contributed by atoms with Gasteiger partial charge in [-0.3, -0.25) is 4.90 Å². The lowest BCUT2D eigenvalue weighted by molar-refractivity contribution is 0.0418. The Morgan fingerprint density at radius 3 is 2.67 bits per heavy atom. The van der Waals surface area contributed by atoms with Crippen LogP contribution >= 0.6 is 0 Å². The zero-order valence-corrected chi connectivity index (χ0v) is 14.6. The molecule has 2 heterocycles. The molecule has 1 fully saturated rings. The van der Waals surface area contributed by atoms with Gasteiger partial charge in [-0.05, 0) is 44.4 Å². The van der Waals surface area contributed by atoms with Crippen LogP contribution < -0.4 is 4.74 Å². The van der Waals surface area contributed by atoms with Crippen molar-refractivity contribution in [1.29, 1.82) is 0 Å². The third-order valence-corrected chi connectivity index (χ3v) is 4.72. The summed E-state index contributed by atoms with van der Waals surface area (Å²) in [5, 5.41) is 19.2. The van der Waals surface area contributed by atoms with Crippen LogP contribution in [0.4, 0.5) is 0 Å². The summed E-state index contributed by atoms with van der Waals surface area (Å²) >= 11 is 0. The van der Waals surface area contributed by atoms with Crippen molar-refractivity contribution in [2.75, 3.05) is 26.7 Å². The van der Waals surface area contributed by atoms with Gasteiger partial charge in [-0.2, -0.15) is 0 Å². The van der Waals surface area contributed by atoms with E-state index in [4.69, 9.17) is 4.74 Å². The maximum atomic E-state index is 10.9. The van der Waals surface area contributed by atoms with Gasteiger partial charge in [0.2, 0.25) is 0 Å². The molecule has 1 aliphatic rings. The highest BCUT2D eigenvalue weighted by molar-refractivity contribution is 5.27. The Balaban J connectivity index is 1.57. The number of aliphatic hydroxyl groups is 1. The number of β-amino-alcohol motifs (C(OH)–C–C–N with tert-alkyl or cyclic N) is 1. The summed E-state index contributed by atoms with van der Waals surface area (Å²) in [6, 6.07) is 8.41. The summed E-state index contributed by atoms with van der Waals surface area (Å²) in [4.78, 5) is 2.29. The predicted molar refractivity (Wildman–Crippen MR) is 92.1 cm³/mol. The van der Waals surface area contributed by atoms with Crippen molar-refractivity contribution in [3.8, 4) is 5.75 Å². The predicted octanol–water partition coefficient (Wildman–Crippen LogP) is 2.00. The molecule has 0 aliphatic carbocycles. The van der Waals surface area contributed by atoms with Crippen LogP contribution in [0.25, 0.3) is 0 Å². The van der Waals surface area contributed by atoms with Crippen LogP contribution in [0.3, 0.4) is 0 Å². The largest absolute Gasteiger partial charge is 0.497 e. The molecular weight excluding hydrogens is 304 g/mol. The first-order valence-electron chi connectivity index (χ1n) is 8.50. The highest BCUT2D eigenvalue weighted by atomic mass is 16.5. The average molecular weight is 330 g/mol. The topological polar surface area (TPSA) is 63.4 Å². The first-order valence-corrected chi connectivity index (χ1v) is 8.50. The van der Waals surface area contributed by atoms with Crippen LogP contribution in [0.1, 0.15) is 37.6 Å². The molecule has 6 heteroatoms. The lowest BCUT2D eigenvalue weighted by Crippen LogP contribution is -2.32. The van der Waals surface area contributed by atoms with Crippen molar-refractivity contribution < 1.29 is 9.84 Å². The van der Waals surface area contributed by atoms with E-state index >= 15 is 0 Å². The quantitative estimate of drug-likeness (QED) is 0.878. The fourth-order valence-electron chi connectivity index (χ4n) is 3.09. The molecule has 1 saturated heterocycles. The van der Waals surface area contributed by atoms with Crippen molar-refractivity contribution in [3.63, 3.8) is 0 Å². The van der Waals surface area contributed by atoms with Gasteiger partial charge in [0.05, 0.1) is 13.3 Å². The summed E-state index contributed by atoms with van der Waals surface area (Å²) in [5.41, 5.74) is 1.08. The van der Waals surface area contributed by atoms with Gasteiger partial charge >= 0.3 is 0 Å². The molecule has 130 valence electrons. The fraction of sp³-hybridized carbons (Fsp3) is 0.556. The monoisotopic (exact) mass is 330 g/mol. The molecule has 0 amide bonds. The molecular formula is C18H26N4O2. The van der Waals surface area contributed by atoms with Gasteiger partial charge in [0, 0.05) is 25.7 Å². The van der Waals surface area contributed by atoms with Crippen molar-refractivity contribution in [3.05, 3.63) is 41.7 Å². The third kappa shape index (κ3) is 3.60. The number of rotatable bonds is 6. The second-order valence-electron chi connectivity index (χ2n) is 6.83. The van der Waals surface area contributed by atoms with Crippen LogP contribution in [0, 0.1) is 0 Å². The number of methoxy groups -OCH3 is 1. The molecule has 1 atom stereocenters. The Morgan fingerprint density at radius 1 is 1.29 bits per heavy atom. The normalized spacial score (nSPS) is 21.5. The Labute approximate surface area is 143 Å². The molecule has 2 aromatic rings. The molecule has 6 nitrogen and oxygen atoms in total. The summed E-state index contributed by atoms with van der Waals surface area (Å²) < 4.78 is 6.98. The maximum absolute atomic E-state index is 10.9. The van der Waals surface area contributed by atoms with E-state index in [1.165, 1.54) is 5.56 Å². The van der Waals surface area contributed by atoms with E-state index < -0.39 is 5.60 Å². The molecule has 1 aromatic heterocycles. The van der Waals surface area contributed by atoms with E-state index in [0.29, 0.717) is 18.7 Å². The van der Waals surface area contributed by atoms with Crippen LogP contribution in [-0.4, -0.2) is 51.7 Å². The van der Waals surface area contributed by atoms with Crippen LogP contribution in [0.2, 0.25) is 0 Å². The molecule has 1 aliphatic heterocycles. The van der Waals surface area contributed by atoms with Crippen molar-refractivity contribution in [2.24, 2.45) is 0 Å². The summed E-state index contributed by atoms with van der Waals surface area (Å²) in [7, 11) is 1.68. The van der Waals surface area contributed by atoms with E-state index in [1.807, 2.05) is 18.3 Å². The van der Waals surface area contributed by atoms with Crippen molar-refractivity contribution in [1.82, 2.24) is 19.9 Å². The van der Waals surface area contributed by atoms with Crippen LogP contribution in [-0.2, 0) is 12.0 Å². The smallest absolute Gasteiger partial charge is 0.124 e. The number of aromatic nitrogens is 3. The summed E-state index contributed by atoms with van der Waals surface area (Å²) in [6.07, 6.45) is 3.53. The Kier molecular flexibility index (Phi) is 4.87. The number of hydrogen-bond acceptors (Lipinski definition) is 5. The number of ether oxygens (including phenoxy) is 1. The lowest BCUT2D eigenvalue weighted by Gasteiger charge is -2.21. The first kappa shape index (κ1) is 16.9. The lowest BCUT2D eigenvalue weighted by atomic mass is 10.00. The molecule has 0 spiro atoms. The number of likely N-dealkylation sites (tertiary alicyclic amines) is 1. The number of benzene rings is 1. The van der Waals surface area contributed by atoms with Crippen molar-refractivity contribution >= 4 is 0 Å². The second kappa shape index (κ2) is 6.91. The van der Waals surface area contributed by atoms with Gasteiger partial charge in [0.25, 0.3) is 0 Å². The van der Waals surface area contributed by atoms with Crippen molar-refractivity contribution in [2.45, 2.75) is 38.3 Å². The van der Waals surface area contributed by atoms with Gasteiger partial charge in [-0.25, -0.2) is 4.68 Å². The molecule has 3 rings (SSSR count). The highest BCUT2D eigenvalue weighted by Gasteiger charge is 2.39. The molecule has 0 saturated carbocycles. The van der Waals surface area contributed by atoms with Gasteiger partial charge in [-0.15, -0.1) is 5.10 Å². The summed E-state index contributed by atoms with van der Waals surface area (Å²) in [5.74, 6) is 0.877. The second-order valence-corrected chi connectivity index (χ2v) is 6.83. The van der Waals surface area contributed by atoms with E-state index in [0.717, 1.165) is 25.3 Å². The Bertz CT molecular complexity index is 668. The van der Waals surface area contributed by atoms with Gasteiger partial charge in [0.15, 0.2) is 0 Å². The minimum absolute atomic E-state index is 0.252. The highest BCUT2D eigenvalue weighted by Crippen LogP contribution is 2.30. The van der Waals surface area contributed by atoms with Gasteiger partial charge < -0.3 is 9.84 Å². The Hall–Kier alpha value is -1.92. The number of hydrogen-bond donors (Lipinski definition) is 1. The maximum Gasteiger partial charge on any atom is 0.124 e. The molecule has 1 aromatic carbocycles. The molecule has 1 N–H and O–H groups in total. The average Bonchev–Trinajstić information content (AvgIpc) is 3.21. The fourth-order valence-corrected chi connectivity index (χ4v) is 3.09. The van der Waals surface area contributed by atoms with E-state index in [1.54, 1.807) is 11.8 Å². The molecule has 0 radical (unpaired) electrons. The minimum atomic E-state index is -0.882. The molecule has 0 bridgehead atoms. The Morgan fingerprint density at radius 2 is 2.04 bits per heavy atom. The van der Waals surface area contributed by atoms with E-state index in [-0.39, 0.29) is 6.04 Å². The van der Waals surface area contributed by atoms with Crippen LogP contribution in [0.15, 0.2) is 30.5 Å². The molecule has 24 heavy (non-hydrogen) atoms.